The molecule has 1 aromatic heterocycles. The lowest BCUT2D eigenvalue weighted by Gasteiger charge is -2.42. The first kappa shape index (κ1) is 23.2. The summed E-state index contributed by atoms with van der Waals surface area (Å²) in [7, 11) is 1.70. The van der Waals surface area contributed by atoms with Crippen LogP contribution in [0, 0.1) is 0 Å². The van der Waals surface area contributed by atoms with Crippen molar-refractivity contribution in [3.05, 3.63) is 52.0 Å². The Morgan fingerprint density at radius 1 is 1.16 bits per heavy atom. The second kappa shape index (κ2) is 8.43. The van der Waals surface area contributed by atoms with Crippen LogP contribution in [0.4, 0.5) is 13.2 Å². The molecule has 4 rings (SSSR count). The number of nitrogens with zero attached hydrogens (tertiary/aromatic N) is 2. The Bertz CT molecular complexity index is 932. The van der Waals surface area contributed by atoms with Gasteiger partial charge in [-0.1, -0.05) is 12.1 Å². The quantitative estimate of drug-likeness (QED) is 0.648. The number of benzene rings is 1. The summed E-state index contributed by atoms with van der Waals surface area (Å²) < 4.78 is 45.2. The second-order valence-electron chi connectivity index (χ2n) is 8.86. The Hall–Kier alpha value is -1.97. The van der Waals surface area contributed by atoms with Gasteiger partial charge in [-0.15, -0.1) is 11.3 Å². The van der Waals surface area contributed by atoms with Crippen LogP contribution < -0.4 is 0 Å². The van der Waals surface area contributed by atoms with E-state index in [1.54, 1.807) is 24.6 Å². The minimum atomic E-state index is -4.80. The van der Waals surface area contributed by atoms with Gasteiger partial charge in [0.1, 0.15) is 10.6 Å². The number of aliphatic hydroxyl groups is 1. The third-order valence-electron chi connectivity index (χ3n) is 6.79. The average Bonchev–Trinajstić information content (AvgIpc) is 3.44. The molecule has 0 radical (unpaired) electrons. The van der Waals surface area contributed by atoms with E-state index in [0.29, 0.717) is 12.5 Å². The number of ether oxygens (including phenoxy) is 1. The Labute approximate surface area is 189 Å². The molecule has 174 valence electrons. The van der Waals surface area contributed by atoms with Crippen molar-refractivity contribution in [1.82, 2.24) is 9.88 Å². The van der Waals surface area contributed by atoms with Crippen molar-refractivity contribution in [1.29, 1.82) is 0 Å². The zero-order valence-corrected chi connectivity index (χ0v) is 18.9. The van der Waals surface area contributed by atoms with Crippen molar-refractivity contribution < 1.29 is 27.8 Å². The fraction of sp³-hybridized carbons (Fsp3) is 0.565. The molecule has 0 saturated heterocycles. The Kier molecular flexibility index (Phi) is 6.11. The van der Waals surface area contributed by atoms with Crippen LogP contribution >= 0.6 is 11.3 Å². The maximum absolute atomic E-state index is 13.3. The number of halogens is 3. The van der Waals surface area contributed by atoms with Crippen molar-refractivity contribution in [2.45, 2.75) is 74.9 Å². The van der Waals surface area contributed by atoms with Gasteiger partial charge in [0.05, 0.1) is 0 Å². The zero-order valence-electron chi connectivity index (χ0n) is 18.1. The summed E-state index contributed by atoms with van der Waals surface area (Å²) in [5.41, 5.74) is -3.34. The number of rotatable bonds is 6. The summed E-state index contributed by atoms with van der Waals surface area (Å²) >= 11 is 1.57. The van der Waals surface area contributed by atoms with Crippen molar-refractivity contribution in [2.75, 3.05) is 7.11 Å². The zero-order chi connectivity index (χ0) is 23.1. The van der Waals surface area contributed by atoms with Gasteiger partial charge in [0.2, 0.25) is 0 Å². The van der Waals surface area contributed by atoms with Crippen molar-refractivity contribution >= 4 is 17.2 Å². The first-order valence-corrected chi connectivity index (χ1v) is 11.6. The number of amides is 1. The molecular weight excluding hydrogens is 441 g/mol. The number of alkyl halides is 3. The molecule has 2 saturated carbocycles. The lowest BCUT2D eigenvalue weighted by Crippen LogP contribution is -2.47. The number of aromatic nitrogens is 1. The van der Waals surface area contributed by atoms with Gasteiger partial charge in [-0.25, -0.2) is 4.98 Å². The first-order chi connectivity index (χ1) is 15.1. The molecular formula is C23H27F3N2O3S. The van der Waals surface area contributed by atoms with Gasteiger partial charge in [-0.3, -0.25) is 4.79 Å². The highest BCUT2D eigenvalue weighted by Gasteiger charge is 2.51. The summed E-state index contributed by atoms with van der Waals surface area (Å²) in [5, 5.41) is 12.8. The third kappa shape index (κ3) is 4.18. The largest absolute Gasteiger partial charge is 0.421 e. The number of carbonyl (C=O) groups excluding carboxylic acids is 1. The minimum Gasteiger partial charge on any atom is -0.376 e. The number of methoxy groups -OCH3 is 1. The topological polar surface area (TPSA) is 62.7 Å². The maximum Gasteiger partial charge on any atom is 0.421 e. The summed E-state index contributed by atoms with van der Waals surface area (Å²) in [6.07, 6.45) is 1.90. The molecule has 0 spiro atoms. The highest BCUT2D eigenvalue weighted by atomic mass is 32.1. The number of carbonyl (C=O) groups is 1. The van der Waals surface area contributed by atoms with Crippen LogP contribution in [-0.4, -0.2) is 46.3 Å². The summed E-state index contributed by atoms with van der Waals surface area (Å²) in [6, 6.07) is 5.35. The SMILES string of the molecule is CO[C@]1(c2nccs2)CC[C@@H](N(C(=O)c2ccc([C@](C)(O)C(F)(F)F)cc2)C2CC2)CC1. The Balaban J connectivity index is 1.50. The van der Waals surface area contributed by atoms with Crippen molar-refractivity contribution in [3.8, 4) is 0 Å². The van der Waals surface area contributed by atoms with Gasteiger partial charge < -0.3 is 14.7 Å². The molecule has 32 heavy (non-hydrogen) atoms. The Morgan fingerprint density at radius 3 is 2.22 bits per heavy atom. The molecule has 2 aromatic rings. The number of hydrogen-bond acceptors (Lipinski definition) is 5. The van der Waals surface area contributed by atoms with E-state index in [1.807, 2.05) is 10.3 Å². The monoisotopic (exact) mass is 468 g/mol. The van der Waals surface area contributed by atoms with Crippen LogP contribution in [0.1, 0.15) is 66.4 Å². The van der Waals surface area contributed by atoms with Crippen LogP contribution in [0.2, 0.25) is 0 Å². The predicted octanol–water partition coefficient (Wildman–Crippen LogP) is 5.00. The Morgan fingerprint density at radius 2 is 1.75 bits per heavy atom. The third-order valence-corrected chi connectivity index (χ3v) is 7.75. The number of hydrogen-bond donors (Lipinski definition) is 1. The first-order valence-electron chi connectivity index (χ1n) is 10.8. The highest BCUT2D eigenvalue weighted by molar-refractivity contribution is 7.09. The van der Waals surface area contributed by atoms with Crippen LogP contribution in [0.5, 0.6) is 0 Å². The molecule has 9 heteroatoms. The van der Waals surface area contributed by atoms with Crippen LogP contribution in [-0.2, 0) is 15.9 Å². The van der Waals surface area contributed by atoms with E-state index < -0.39 is 17.4 Å². The molecule has 1 heterocycles. The molecule has 0 bridgehead atoms. The smallest absolute Gasteiger partial charge is 0.376 e. The molecule has 5 nitrogen and oxygen atoms in total. The van der Waals surface area contributed by atoms with Crippen LogP contribution in [0.3, 0.4) is 0 Å². The molecule has 2 fully saturated rings. The van der Waals surface area contributed by atoms with Gasteiger partial charge in [-0.05, 0) is 63.1 Å². The van der Waals surface area contributed by atoms with Gasteiger partial charge in [0.25, 0.3) is 5.91 Å². The van der Waals surface area contributed by atoms with Gasteiger partial charge in [-0.2, -0.15) is 13.2 Å². The average molecular weight is 469 g/mol. The minimum absolute atomic E-state index is 0.0520. The lowest BCUT2D eigenvalue weighted by molar-refractivity contribution is -0.258. The van der Waals surface area contributed by atoms with Crippen molar-refractivity contribution in [2.24, 2.45) is 0 Å². The molecule has 2 aliphatic carbocycles. The van der Waals surface area contributed by atoms with Gasteiger partial charge in [0.15, 0.2) is 5.60 Å². The molecule has 0 aliphatic heterocycles. The van der Waals surface area contributed by atoms with E-state index in [2.05, 4.69) is 4.98 Å². The fourth-order valence-corrected chi connectivity index (χ4v) is 5.41. The fourth-order valence-electron chi connectivity index (χ4n) is 4.53. The molecule has 1 amide bonds. The maximum atomic E-state index is 13.3. The molecule has 2 aliphatic rings. The lowest BCUT2D eigenvalue weighted by atomic mass is 9.81. The molecule has 1 N–H and O–H groups in total. The highest BCUT2D eigenvalue weighted by Crippen LogP contribution is 2.44. The predicted molar refractivity (Wildman–Crippen MR) is 114 cm³/mol. The van der Waals surface area contributed by atoms with E-state index in [9.17, 15) is 23.1 Å². The normalized spacial score (nSPS) is 25.9. The molecule has 1 aromatic carbocycles. The van der Waals surface area contributed by atoms with E-state index >= 15 is 0 Å². The van der Waals surface area contributed by atoms with Crippen LogP contribution in [0.15, 0.2) is 35.8 Å². The standard InChI is InChI=1S/C23H27F3N2O3S/c1-21(30,23(24,25)26)16-5-3-15(4-6-16)19(29)28(17-7-8-17)18-9-11-22(31-2,12-10-18)20-27-13-14-32-20/h3-6,13-14,17-18,30H,7-12H2,1-2H3/t18-,21-,22-/m0/s1. The summed E-state index contributed by atoms with van der Waals surface area (Å²) in [6.45, 7) is 0.715. The molecule has 1 atom stereocenters. The van der Waals surface area contributed by atoms with E-state index in [0.717, 1.165) is 43.5 Å². The van der Waals surface area contributed by atoms with E-state index in [4.69, 9.17) is 4.74 Å². The second-order valence-corrected chi connectivity index (χ2v) is 9.75. The summed E-state index contributed by atoms with van der Waals surface area (Å²) in [4.78, 5) is 19.7. The van der Waals surface area contributed by atoms with E-state index in [-0.39, 0.29) is 23.6 Å². The van der Waals surface area contributed by atoms with Gasteiger partial charge in [0, 0.05) is 36.3 Å². The van der Waals surface area contributed by atoms with Gasteiger partial charge >= 0.3 is 6.18 Å². The number of thiazole rings is 1. The molecule has 0 unspecified atom stereocenters. The van der Waals surface area contributed by atoms with Crippen molar-refractivity contribution in [3.63, 3.8) is 0 Å². The van der Waals surface area contributed by atoms with Crippen LogP contribution in [0.25, 0.3) is 0 Å². The van der Waals surface area contributed by atoms with E-state index in [1.165, 1.54) is 24.3 Å². The summed E-state index contributed by atoms with van der Waals surface area (Å²) in [5.74, 6) is -0.171.